The molecule has 2 aromatic carbocycles. The van der Waals surface area contributed by atoms with Crippen LogP contribution in [0.5, 0.6) is 11.5 Å². The number of halogens is 1. The normalized spacial score (nSPS) is 10.6. The fraction of sp³-hybridized carbons (Fsp3) is 0.118. The lowest BCUT2D eigenvalue weighted by molar-refractivity contribution is -0.297. The Balaban J connectivity index is 2.10. The molecule has 0 saturated carbocycles. The van der Waals surface area contributed by atoms with Crippen molar-refractivity contribution in [2.45, 2.75) is 6.61 Å². The van der Waals surface area contributed by atoms with Crippen molar-refractivity contribution in [3.05, 3.63) is 65.5 Å². The molecular formula is C17H14FO4-. The topological polar surface area (TPSA) is 58.6 Å². The number of carboxylic acid groups (broad SMARTS) is 1. The number of carbonyl (C=O) groups excluding carboxylic acids is 1. The number of aliphatic carboxylic acids is 1. The van der Waals surface area contributed by atoms with Gasteiger partial charge in [-0.05, 0) is 41.5 Å². The van der Waals surface area contributed by atoms with Gasteiger partial charge in [0.1, 0.15) is 12.4 Å². The SMILES string of the molecule is COc1cc(/C=C/C(=O)[O-])ccc1OCc1ccc(F)cc1. The van der Waals surface area contributed by atoms with Crippen LogP contribution in [0, 0.1) is 5.82 Å². The molecule has 0 atom stereocenters. The van der Waals surface area contributed by atoms with Gasteiger partial charge in [0.15, 0.2) is 11.5 Å². The molecule has 0 aliphatic heterocycles. The number of benzene rings is 2. The van der Waals surface area contributed by atoms with Crippen molar-refractivity contribution in [1.82, 2.24) is 0 Å². The van der Waals surface area contributed by atoms with E-state index in [-0.39, 0.29) is 12.4 Å². The van der Waals surface area contributed by atoms with Crippen LogP contribution in [0.15, 0.2) is 48.5 Å². The molecule has 0 aliphatic carbocycles. The minimum atomic E-state index is -1.27. The van der Waals surface area contributed by atoms with E-state index in [1.165, 1.54) is 25.3 Å². The van der Waals surface area contributed by atoms with Gasteiger partial charge in [0.05, 0.1) is 13.1 Å². The van der Waals surface area contributed by atoms with Gasteiger partial charge in [-0.25, -0.2) is 4.39 Å². The Kier molecular flexibility index (Phi) is 5.14. The molecule has 5 heteroatoms. The summed E-state index contributed by atoms with van der Waals surface area (Å²) in [6, 6.07) is 11.0. The van der Waals surface area contributed by atoms with Crippen molar-refractivity contribution < 1.29 is 23.8 Å². The maximum absolute atomic E-state index is 12.8. The highest BCUT2D eigenvalue weighted by atomic mass is 19.1. The Labute approximate surface area is 127 Å². The van der Waals surface area contributed by atoms with Crippen LogP contribution < -0.4 is 14.6 Å². The molecular weight excluding hydrogens is 287 g/mol. The van der Waals surface area contributed by atoms with Gasteiger partial charge in [0, 0.05) is 0 Å². The van der Waals surface area contributed by atoms with E-state index in [9.17, 15) is 14.3 Å². The summed E-state index contributed by atoms with van der Waals surface area (Å²) in [6.45, 7) is 0.269. The van der Waals surface area contributed by atoms with E-state index in [1.807, 2.05) is 0 Å². The standard InChI is InChI=1S/C17H15FO4/c1-21-16-10-12(5-9-17(19)20)4-8-15(16)22-11-13-2-6-14(18)7-3-13/h2-10H,11H2,1H3,(H,19,20)/p-1/b9-5+. The molecule has 114 valence electrons. The van der Waals surface area contributed by atoms with Gasteiger partial charge >= 0.3 is 0 Å². The van der Waals surface area contributed by atoms with E-state index < -0.39 is 5.97 Å². The molecule has 2 aromatic rings. The van der Waals surface area contributed by atoms with Crippen molar-refractivity contribution in [3.63, 3.8) is 0 Å². The zero-order valence-corrected chi connectivity index (χ0v) is 11.9. The van der Waals surface area contributed by atoms with Crippen molar-refractivity contribution in [2.75, 3.05) is 7.11 Å². The third kappa shape index (κ3) is 4.34. The number of ether oxygens (including phenoxy) is 2. The fourth-order valence-corrected chi connectivity index (χ4v) is 1.81. The van der Waals surface area contributed by atoms with Gasteiger partial charge in [0.25, 0.3) is 0 Å². The van der Waals surface area contributed by atoms with Crippen LogP contribution in [0.1, 0.15) is 11.1 Å². The molecule has 0 bridgehead atoms. The van der Waals surface area contributed by atoms with E-state index in [4.69, 9.17) is 9.47 Å². The molecule has 0 heterocycles. The Hall–Kier alpha value is -2.82. The molecule has 0 fully saturated rings. The maximum atomic E-state index is 12.8. The predicted molar refractivity (Wildman–Crippen MR) is 77.8 cm³/mol. The molecule has 0 radical (unpaired) electrons. The summed E-state index contributed by atoms with van der Waals surface area (Å²) < 4.78 is 23.7. The summed E-state index contributed by atoms with van der Waals surface area (Å²) in [5, 5.41) is 10.4. The molecule has 0 aromatic heterocycles. The van der Waals surface area contributed by atoms with Crippen LogP contribution in [0.4, 0.5) is 4.39 Å². The maximum Gasteiger partial charge on any atom is 0.161 e. The molecule has 0 spiro atoms. The van der Waals surface area contributed by atoms with E-state index in [1.54, 1.807) is 30.3 Å². The molecule has 2 rings (SSSR count). The van der Waals surface area contributed by atoms with Crippen LogP contribution in [0.2, 0.25) is 0 Å². The second-order valence-electron chi connectivity index (χ2n) is 4.48. The third-order valence-electron chi connectivity index (χ3n) is 2.91. The smallest absolute Gasteiger partial charge is 0.161 e. The summed E-state index contributed by atoms with van der Waals surface area (Å²) in [7, 11) is 1.49. The lowest BCUT2D eigenvalue weighted by Crippen LogP contribution is -2.18. The highest BCUT2D eigenvalue weighted by Gasteiger charge is 2.05. The largest absolute Gasteiger partial charge is 0.545 e. The Morgan fingerprint density at radius 1 is 1.18 bits per heavy atom. The Bertz CT molecular complexity index is 678. The summed E-state index contributed by atoms with van der Waals surface area (Å²) >= 11 is 0. The van der Waals surface area contributed by atoms with Crippen LogP contribution in [-0.4, -0.2) is 13.1 Å². The van der Waals surface area contributed by atoms with E-state index >= 15 is 0 Å². The second kappa shape index (κ2) is 7.26. The predicted octanol–water partition coefficient (Wildman–Crippen LogP) is 2.18. The van der Waals surface area contributed by atoms with E-state index in [0.717, 1.165) is 11.6 Å². The average molecular weight is 301 g/mol. The van der Waals surface area contributed by atoms with Crippen LogP contribution in [-0.2, 0) is 11.4 Å². The third-order valence-corrected chi connectivity index (χ3v) is 2.91. The number of hydrogen-bond acceptors (Lipinski definition) is 4. The van der Waals surface area contributed by atoms with Gasteiger partial charge in [-0.15, -0.1) is 0 Å². The minimum absolute atomic E-state index is 0.269. The number of carbonyl (C=O) groups is 1. The first-order chi connectivity index (χ1) is 10.6. The van der Waals surface area contributed by atoms with E-state index in [0.29, 0.717) is 17.1 Å². The van der Waals surface area contributed by atoms with Gasteiger partial charge in [-0.2, -0.15) is 0 Å². The lowest BCUT2D eigenvalue weighted by Gasteiger charge is -2.11. The molecule has 0 aliphatic rings. The summed E-state index contributed by atoms with van der Waals surface area (Å²) in [6.07, 6.45) is 2.34. The number of carboxylic acids is 1. The summed E-state index contributed by atoms with van der Waals surface area (Å²) in [5.41, 5.74) is 1.47. The number of methoxy groups -OCH3 is 1. The molecule has 22 heavy (non-hydrogen) atoms. The Morgan fingerprint density at radius 2 is 1.91 bits per heavy atom. The fourth-order valence-electron chi connectivity index (χ4n) is 1.81. The van der Waals surface area contributed by atoms with E-state index in [2.05, 4.69) is 0 Å². The zero-order chi connectivity index (χ0) is 15.9. The van der Waals surface area contributed by atoms with Crippen molar-refractivity contribution in [2.24, 2.45) is 0 Å². The van der Waals surface area contributed by atoms with Crippen LogP contribution >= 0.6 is 0 Å². The van der Waals surface area contributed by atoms with Crippen LogP contribution in [0.3, 0.4) is 0 Å². The zero-order valence-electron chi connectivity index (χ0n) is 11.9. The van der Waals surface area contributed by atoms with Crippen molar-refractivity contribution in [3.8, 4) is 11.5 Å². The first-order valence-corrected chi connectivity index (χ1v) is 6.53. The summed E-state index contributed by atoms with van der Waals surface area (Å²) in [5.74, 6) is -0.582. The molecule has 0 saturated heterocycles. The molecule has 0 N–H and O–H groups in total. The average Bonchev–Trinajstić information content (AvgIpc) is 2.52. The molecule has 0 amide bonds. The Morgan fingerprint density at radius 3 is 2.55 bits per heavy atom. The highest BCUT2D eigenvalue weighted by molar-refractivity contribution is 5.83. The van der Waals surface area contributed by atoms with Gasteiger partial charge < -0.3 is 19.4 Å². The monoisotopic (exact) mass is 301 g/mol. The highest BCUT2D eigenvalue weighted by Crippen LogP contribution is 2.29. The molecule has 4 nitrogen and oxygen atoms in total. The van der Waals surface area contributed by atoms with Gasteiger partial charge in [0.2, 0.25) is 0 Å². The first-order valence-electron chi connectivity index (χ1n) is 6.53. The number of rotatable bonds is 6. The van der Waals surface area contributed by atoms with Gasteiger partial charge in [-0.1, -0.05) is 24.3 Å². The minimum Gasteiger partial charge on any atom is -0.545 e. The first kappa shape index (κ1) is 15.6. The quantitative estimate of drug-likeness (QED) is 0.767. The van der Waals surface area contributed by atoms with Crippen molar-refractivity contribution >= 4 is 12.0 Å². The van der Waals surface area contributed by atoms with Crippen molar-refractivity contribution in [1.29, 1.82) is 0 Å². The summed E-state index contributed by atoms with van der Waals surface area (Å²) in [4.78, 5) is 10.4. The van der Waals surface area contributed by atoms with Crippen LogP contribution in [0.25, 0.3) is 6.08 Å². The lowest BCUT2D eigenvalue weighted by atomic mass is 10.2. The van der Waals surface area contributed by atoms with Gasteiger partial charge in [-0.3, -0.25) is 0 Å². The number of hydrogen-bond donors (Lipinski definition) is 0. The second-order valence-corrected chi connectivity index (χ2v) is 4.48. The molecule has 0 unspecified atom stereocenters.